The van der Waals surface area contributed by atoms with E-state index in [0.29, 0.717) is 12.4 Å². The monoisotopic (exact) mass is 176 g/mol. The predicted octanol–water partition coefficient (Wildman–Crippen LogP) is 0.656. The van der Waals surface area contributed by atoms with Crippen molar-refractivity contribution in [1.82, 2.24) is 0 Å². The van der Waals surface area contributed by atoms with Crippen molar-refractivity contribution >= 4 is 0 Å². The number of phenols is 1. The Labute approximate surface area is 75.2 Å². The summed E-state index contributed by atoms with van der Waals surface area (Å²) in [6.45, 7) is 0.369. The van der Waals surface area contributed by atoms with Gasteiger partial charge in [0.15, 0.2) is 0 Å². The highest BCUT2D eigenvalue weighted by Crippen LogP contribution is 2.38. The molecule has 0 aliphatic carbocycles. The lowest BCUT2D eigenvalue weighted by atomic mass is 10.1. The molecule has 0 bridgehead atoms. The van der Waals surface area contributed by atoms with Crippen LogP contribution in [0, 0.1) is 11.3 Å². The molecular weight excluding hydrogens is 168 g/mol. The molecule has 1 aliphatic heterocycles. The molecule has 66 valence electrons. The van der Waals surface area contributed by atoms with Gasteiger partial charge in [0.2, 0.25) is 0 Å². The Balaban J connectivity index is 2.66. The van der Waals surface area contributed by atoms with Crippen LogP contribution in [0.5, 0.6) is 11.5 Å². The molecule has 0 radical (unpaired) electrons. The van der Waals surface area contributed by atoms with Crippen molar-refractivity contribution < 1.29 is 9.84 Å². The standard InChI is InChI=1S/C9H8N2O2/c10-3-6-8(12)2-1-5-7(11)4-13-9(5)6/h1-2,7,12H,4,11H2. The third kappa shape index (κ3) is 1.02. The molecule has 1 aliphatic rings. The summed E-state index contributed by atoms with van der Waals surface area (Å²) in [5.74, 6) is 0.366. The number of ether oxygens (including phenoxy) is 1. The van der Waals surface area contributed by atoms with Gasteiger partial charge in [0, 0.05) is 5.56 Å². The fourth-order valence-corrected chi connectivity index (χ4v) is 1.41. The highest BCUT2D eigenvalue weighted by atomic mass is 16.5. The maximum absolute atomic E-state index is 9.32. The number of nitrogens with two attached hydrogens (primary N) is 1. The SMILES string of the molecule is N#Cc1c(O)ccc2c1OCC2N. The second-order valence-corrected chi connectivity index (χ2v) is 2.91. The predicted molar refractivity (Wildman–Crippen MR) is 45.2 cm³/mol. The van der Waals surface area contributed by atoms with Gasteiger partial charge in [0.25, 0.3) is 0 Å². The molecule has 1 atom stereocenters. The van der Waals surface area contributed by atoms with Crippen molar-refractivity contribution in [3.63, 3.8) is 0 Å². The first kappa shape index (κ1) is 7.90. The van der Waals surface area contributed by atoms with Crippen LogP contribution in [0.4, 0.5) is 0 Å². The van der Waals surface area contributed by atoms with E-state index >= 15 is 0 Å². The molecule has 1 aromatic rings. The Kier molecular flexibility index (Phi) is 1.61. The smallest absolute Gasteiger partial charge is 0.145 e. The summed E-state index contributed by atoms with van der Waals surface area (Å²) in [5.41, 5.74) is 6.66. The molecule has 2 rings (SSSR count). The van der Waals surface area contributed by atoms with E-state index in [1.165, 1.54) is 6.07 Å². The molecule has 0 fully saturated rings. The number of rotatable bonds is 0. The first-order valence-electron chi connectivity index (χ1n) is 3.88. The van der Waals surface area contributed by atoms with Crippen molar-refractivity contribution in [3.8, 4) is 17.6 Å². The van der Waals surface area contributed by atoms with Crippen LogP contribution in [0.25, 0.3) is 0 Å². The summed E-state index contributed by atoms with van der Waals surface area (Å²) in [6, 6.07) is 4.84. The van der Waals surface area contributed by atoms with E-state index in [4.69, 9.17) is 15.7 Å². The van der Waals surface area contributed by atoms with Gasteiger partial charge in [0.05, 0.1) is 6.04 Å². The van der Waals surface area contributed by atoms with Crippen molar-refractivity contribution in [2.45, 2.75) is 6.04 Å². The van der Waals surface area contributed by atoms with Crippen LogP contribution in [0.1, 0.15) is 17.2 Å². The fraction of sp³-hybridized carbons (Fsp3) is 0.222. The summed E-state index contributed by atoms with van der Waals surface area (Å²) in [6.07, 6.45) is 0. The van der Waals surface area contributed by atoms with E-state index in [9.17, 15) is 5.11 Å². The number of nitriles is 1. The number of hydrogen-bond acceptors (Lipinski definition) is 4. The van der Waals surface area contributed by atoms with E-state index < -0.39 is 0 Å². The topological polar surface area (TPSA) is 79.3 Å². The van der Waals surface area contributed by atoms with Crippen LogP contribution in [-0.2, 0) is 0 Å². The molecule has 4 nitrogen and oxygen atoms in total. The molecule has 1 unspecified atom stereocenters. The minimum atomic E-state index is -0.192. The van der Waals surface area contributed by atoms with Crippen LogP contribution in [0.3, 0.4) is 0 Å². The molecule has 1 aromatic carbocycles. The molecule has 1 heterocycles. The summed E-state index contributed by atoms with van der Waals surface area (Å²) < 4.78 is 5.21. The zero-order valence-electron chi connectivity index (χ0n) is 6.82. The highest BCUT2D eigenvalue weighted by molar-refractivity contribution is 5.58. The zero-order valence-corrected chi connectivity index (χ0v) is 6.82. The lowest BCUT2D eigenvalue weighted by molar-refractivity contribution is 0.331. The number of hydrogen-bond donors (Lipinski definition) is 2. The van der Waals surface area contributed by atoms with Gasteiger partial charge in [-0.1, -0.05) is 0 Å². The van der Waals surface area contributed by atoms with Gasteiger partial charge in [-0.3, -0.25) is 0 Å². The molecule has 0 aromatic heterocycles. The van der Waals surface area contributed by atoms with Gasteiger partial charge in [-0.25, -0.2) is 0 Å². The Morgan fingerprint density at radius 3 is 3.08 bits per heavy atom. The van der Waals surface area contributed by atoms with Crippen LogP contribution in [-0.4, -0.2) is 11.7 Å². The molecule has 13 heavy (non-hydrogen) atoms. The number of nitrogens with zero attached hydrogens (tertiary/aromatic N) is 1. The number of benzene rings is 1. The Morgan fingerprint density at radius 2 is 2.38 bits per heavy atom. The van der Waals surface area contributed by atoms with Crippen molar-refractivity contribution in [1.29, 1.82) is 5.26 Å². The van der Waals surface area contributed by atoms with E-state index in [-0.39, 0.29) is 17.4 Å². The number of fused-ring (bicyclic) bond motifs is 1. The van der Waals surface area contributed by atoms with E-state index in [0.717, 1.165) is 5.56 Å². The molecule has 0 saturated carbocycles. The Morgan fingerprint density at radius 1 is 1.62 bits per heavy atom. The normalized spacial score (nSPS) is 18.9. The maximum atomic E-state index is 9.32. The second-order valence-electron chi connectivity index (χ2n) is 2.91. The highest BCUT2D eigenvalue weighted by Gasteiger charge is 2.25. The van der Waals surface area contributed by atoms with Crippen molar-refractivity contribution in [2.75, 3.05) is 6.61 Å². The van der Waals surface area contributed by atoms with Crippen molar-refractivity contribution in [2.24, 2.45) is 5.73 Å². The number of aromatic hydroxyl groups is 1. The molecule has 4 heteroatoms. The summed E-state index contributed by atoms with van der Waals surface area (Å²) >= 11 is 0. The van der Waals surface area contributed by atoms with Crippen LogP contribution >= 0.6 is 0 Å². The fourth-order valence-electron chi connectivity index (χ4n) is 1.41. The Bertz CT molecular complexity index is 395. The lowest BCUT2D eigenvalue weighted by Gasteiger charge is -2.03. The van der Waals surface area contributed by atoms with Gasteiger partial charge in [-0.15, -0.1) is 0 Å². The van der Waals surface area contributed by atoms with Gasteiger partial charge < -0.3 is 15.6 Å². The second kappa shape index (κ2) is 2.64. The van der Waals surface area contributed by atoms with Crippen LogP contribution in [0.2, 0.25) is 0 Å². The lowest BCUT2D eigenvalue weighted by Crippen LogP contribution is -2.10. The van der Waals surface area contributed by atoms with Gasteiger partial charge in [0.1, 0.15) is 29.7 Å². The first-order valence-corrected chi connectivity index (χ1v) is 3.88. The third-order valence-corrected chi connectivity index (χ3v) is 2.08. The third-order valence-electron chi connectivity index (χ3n) is 2.08. The first-order chi connectivity index (χ1) is 6.24. The Hall–Kier alpha value is -1.73. The van der Waals surface area contributed by atoms with E-state index in [1.807, 2.05) is 6.07 Å². The molecule has 0 spiro atoms. The molecule has 3 N–H and O–H groups in total. The molecular formula is C9H8N2O2. The summed E-state index contributed by atoms with van der Waals surface area (Å²) in [5, 5.41) is 18.1. The minimum absolute atomic E-state index is 0.0599. The molecule has 0 saturated heterocycles. The average molecular weight is 176 g/mol. The van der Waals surface area contributed by atoms with Gasteiger partial charge in [-0.05, 0) is 12.1 Å². The van der Waals surface area contributed by atoms with Crippen LogP contribution in [0.15, 0.2) is 12.1 Å². The zero-order chi connectivity index (χ0) is 9.42. The van der Waals surface area contributed by atoms with Gasteiger partial charge >= 0.3 is 0 Å². The van der Waals surface area contributed by atoms with Crippen molar-refractivity contribution in [3.05, 3.63) is 23.3 Å². The van der Waals surface area contributed by atoms with Crippen LogP contribution < -0.4 is 10.5 Å². The maximum Gasteiger partial charge on any atom is 0.145 e. The minimum Gasteiger partial charge on any atom is -0.506 e. The van der Waals surface area contributed by atoms with Gasteiger partial charge in [-0.2, -0.15) is 5.26 Å². The van der Waals surface area contributed by atoms with E-state index in [2.05, 4.69) is 0 Å². The largest absolute Gasteiger partial charge is 0.506 e. The molecule has 0 amide bonds. The average Bonchev–Trinajstić information content (AvgIpc) is 2.48. The number of phenolic OH excluding ortho intramolecular Hbond substituents is 1. The van der Waals surface area contributed by atoms with E-state index in [1.54, 1.807) is 6.07 Å². The summed E-state index contributed by atoms with van der Waals surface area (Å²) in [4.78, 5) is 0. The quantitative estimate of drug-likeness (QED) is 0.608. The summed E-state index contributed by atoms with van der Waals surface area (Å²) in [7, 11) is 0.